The van der Waals surface area contributed by atoms with Crippen LogP contribution in [0.1, 0.15) is 57.4 Å². The molecule has 0 bridgehead atoms. The first-order valence-corrected chi connectivity index (χ1v) is 15.5. The molecule has 6 atom stereocenters. The van der Waals surface area contributed by atoms with Gasteiger partial charge in [0.2, 0.25) is 11.8 Å². The summed E-state index contributed by atoms with van der Waals surface area (Å²) >= 11 is 6.12. The molecule has 6 rings (SSSR count). The first kappa shape index (κ1) is 29.1. The summed E-state index contributed by atoms with van der Waals surface area (Å²) in [5.74, 6) is 0.221. The van der Waals surface area contributed by atoms with Gasteiger partial charge in [-0.15, -0.1) is 0 Å². The zero-order chi connectivity index (χ0) is 29.5. The lowest BCUT2D eigenvalue weighted by atomic mass is 9.96. The summed E-state index contributed by atoms with van der Waals surface area (Å²) in [5.41, 5.74) is 6.12. The number of fused-ring (bicyclic) bond motifs is 2. The number of hydrogen-bond donors (Lipinski definition) is 1. The molecule has 3 aliphatic heterocycles. The zero-order valence-electron chi connectivity index (χ0n) is 23.0. The molecule has 2 N–H and O–H groups in total. The molecule has 3 aromatic rings. The number of ether oxygens (including phenoxy) is 4. The second kappa shape index (κ2) is 11.6. The second-order valence-electron chi connectivity index (χ2n) is 10.4. The van der Waals surface area contributed by atoms with Crippen molar-refractivity contribution in [1.82, 2.24) is 19.5 Å². The Morgan fingerprint density at radius 1 is 1.29 bits per heavy atom. The Hall–Kier alpha value is -3.00. The van der Waals surface area contributed by atoms with Crippen LogP contribution in [0.5, 0.6) is 5.88 Å². The number of phosphoric acid groups is 1. The fourth-order valence-electron chi connectivity index (χ4n) is 5.34. The number of hydrogen-bond acceptors (Lipinski definition) is 13. The monoisotopic (exact) mass is 623 g/mol. The van der Waals surface area contributed by atoms with E-state index < -0.39 is 44.1 Å². The minimum absolute atomic E-state index is 0.0204. The number of anilines is 1. The van der Waals surface area contributed by atoms with E-state index in [0.717, 1.165) is 24.8 Å². The molecule has 0 saturated carbocycles. The molecule has 0 spiro atoms. The number of imidazole rings is 1. The molecule has 5 heterocycles. The number of phosphoric ester groups is 1. The third kappa shape index (κ3) is 5.54. The molecule has 3 saturated heterocycles. The van der Waals surface area contributed by atoms with Crippen molar-refractivity contribution >= 4 is 42.7 Å². The van der Waals surface area contributed by atoms with Crippen molar-refractivity contribution in [3.63, 3.8) is 0 Å². The number of aromatic nitrogens is 4. The van der Waals surface area contributed by atoms with E-state index in [-0.39, 0.29) is 25.0 Å². The average molecular weight is 624 g/mol. The van der Waals surface area contributed by atoms with Crippen molar-refractivity contribution in [1.29, 1.82) is 0 Å². The van der Waals surface area contributed by atoms with Gasteiger partial charge in [-0.2, -0.15) is 9.97 Å². The SMILES string of the molecule is CCCCCOc1nc(N)nc2c1ncn2C1OC(COP2(=O)OCCC(c3cccc(Cl)c3)O2)C2OC(=O)OC21C. The van der Waals surface area contributed by atoms with E-state index in [1.54, 1.807) is 29.7 Å². The van der Waals surface area contributed by atoms with Gasteiger partial charge in [0.25, 0.3) is 0 Å². The lowest BCUT2D eigenvalue weighted by Gasteiger charge is -2.30. The first-order valence-electron chi connectivity index (χ1n) is 13.7. The van der Waals surface area contributed by atoms with E-state index in [9.17, 15) is 9.36 Å². The van der Waals surface area contributed by atoms with Gasteiger partial charge in [0, 0.05) is 11.4 Å². The molecule has 1 aromatic carbocycles. The van der Waals surface area contributed by atoms with Crippen LogP contribution in [-0.2, 0) is 32.3 Å². The highest BCUT2D eigenvalue weighted by atomic mass is 35.5. The summed E-state index contributed by atoms with van der Waals surface area (Å²) < 4.78 is 55.1. The van der Waals surface area contributed by atoms with Crippen molar-refractivity contribution in [2.75, 3.05) is 25.6 Å². The second-order valence-corrected chi connectivity index (χ2v) is 12.4. The van der Waals surface area contributed by atoms with Crippen LogP contribution in [0.3, 0.4) is 0 Å². The maximum Gasteiger partial charge on any atom is 0.509 e. The Morgan fingerprint density at radius 2 is 2.14 bits per heavy atom. The summed E-state index contributed by atoms with van der Waals surface area (Å²) in [6.45, 7) is 4.06. The quantitative estimate of drug-likeness (QED) is 0.179. The number of rotatable bonds is 10. The summed E-state index contributed by atoms with van der Waals surface area (Å²) in [7, 11) is -4.00. The number of nitrogens with zero attached hydrogens (tertiary/aromatic N) is 4. The lowest BCUT2D eigenvalue weighted by Crippen LogP contribution is -2.42. The minimum Gasteiger partial charge on any atom is -0.476 e. The highest BCUT2D eigenvalue weighted by Crippen LogP contribution is 2.58. The van der Waals surface area contributed by atoms with Gasteiger partial charge >= 0.3 is 14.0 Å². The third-order valence-corrected chi connectivity index (χ3v) is 9.08. The molecule has 0 aliphatic carbocycles. The van der Waals surface area contributed by atoms with Crippen molar-refractivity contribution in [3.05, 3.63) is 41.2 Å². The van der Waals surface area contributed by atoms with E-state index >= 15 is 0 Å². The predicted octanol–water partition coefficient (Wildman–Crippen LogP) is 5.13. The van der Waals surface area contributed by atoms with Crippen molar-refractivity contribution in [3.8, 4) is 5.88 Å². The Balaban J connectivity index is 1.22. The zero-order valence-corrected chi connectivity index (χ0v) is 24.7. The number of benzene rings is 1. The van der Waals surface area contributed by atoms with Crippen LogP contribution in [0.25, 0.3) is 11.2 Å². The number of carbonyl (C=O) groups is 1. The molecule has 3 fully saturated rings. The summed E-state index contributed by atoms with van der Waals surface area (Å²) in [6.07, 6.45) is 0.636. The van der Waals surface area contributed by atoms with Crippen molar-refractivity contribution in [2.24, 2.45) is 0 Å². The number of halogens is 1. The van der Waals surface area contributed by atoms with Gasteiger partial charge in [0.05, 0.1) is 32.3 Å². The lowest BCUT2D eigenvalue weighted by molar-refractivity contribution is -0.0925. The van der Waals surface area contributed by atoms with E-state index in [1.165, 1.54) is 6.33 Å². The first-order chi connectivity index (χ1) is 20.2. The Bertz CT molecular complexity index is 1520. The molecular formula is C26H31ClN5O9P. The molecule has 2 aromatic heterocycles. The van der Waals surface area contributed by atoms with Crippen LogP contribution in [0.15, 0.2) is 30.6 Å². The van der Waals surface area contributed by atoms with Gasteiger partial charge in [-0.25, -0.2) is 14.3 Å². The van der Waals surface area contributed by atoms with E-state index in [2.05, 4.69) is 21.9 Å². The van der Waals surface area contributed by atoms with Gasteiger partial charge in [-0.1, -0.05) is 43.5 Å². The Kier molecular flexibility index (Phi) is 8.03. The van der Waals surface area contributed by atoms with E-state index in [1.807, 2.05) is 6.07 Å². The molecule has 16 heteroatoms. The van der Waals surface area contributed by atoms with Gasteiger partial charge < -0.3 is 24.7 Å². The number of nitrogen functional groups attached to an aromatic ring is 1. The number of unbranched alkanes of at least 4 members (excludes halogenated alkanes) is 2. The molecule has 42 heavy (non-hydrogen) atoms. The van der Waals surface area contributed by atoms with Crippen LogP contribution in [-0.4, -0.2) is 63.3 Å². The molecule has 3 aliphatic rings. The minimum atomic E-state index is -4.00. The predicted molar refractivity (Wildman–Crippen MR) is 148 cm³/mol. The van der Waals surface area contributed by atoms with Crippen LogP contribution in [0.4, 0.5) is 10.7 Å². The number of carbonyl (C=O) groups excluding carboxylic acids is 1. The standard InChI is InChI=1S/C26H31ClN5O9P/c1-3-4-5-10-35-22-19-21(30-24(28)31-22)32(14-29-19)23-26(2)20(39-25(33)40-26)18(38-23)13-37-42(34)36-11-9-17(41-42)15-7-6-8-16(27)12-15/h6-8,12,14,17-18,20,23H,3-5,9-11,13H2,1-2H3,(H2,28,30,31). The topological polar surface area (TPSA) is 168 Å². The summed E-state index contributed by atoms with van der Waals surface area (Å²) in [4.78, 5) is 25.3. The highest BCUT2D eigenvalue weighted by molar-refractivity contribution is 7.48. The largest absolute Gasteiger partial charge is 0.509 e. The maximum atomic E-state index is 13.4. The summed E-state index contributed by atoms with van der Waals surface area (Å²) in [6, 6.07) is 7.08. The molecule has 0 radical (unpaired) electrons. The molecule has 14 nitrogen and oxygen atoms in total. The van der Waals surface area contributed by atoms with Crippen molar-refractivity contribution in [2.45, 2.75) is 69.7 Å². The highest BCUT2D eigenvalue weighted by Gasteiger charge is 2.64. The maximum absolute atomic E-state index is 13.4. The Morgan fingerprint density at radius 3 is 2.95 bits per heavy atom. The number of nitrogens with two attached hydrogens (primary N) is 1. The van der Waals surface area contributed by atoms with Gasteiger partial charge in [0.1, 0.15) is 6.10 Å². The smallest absolute Gasteiger partial charge is 0.476 e. The van der Waals surface area contributed by atoms with Crippen molar-refractivity contribution < 1.29 is 41.9 Å². The third-order valence-electron chi connectivity index (χ3n) is 7.37. The molecule has 226 valence electrons. The molecular weight excluding hydrogens is 593 g/mol. The van der Waals surface area contributed by atoms with Crippen LogP contribution < -0.4 is 10.5 Å². The Labute approximate surface area is 246 Å². The van der Waals surface area contributed by atoms with E-state index in [4.69, 9.17) is 49.9 Å². The normalized spacial score (nSPS) is 30.7. The fourth-order valence-corrected chi connectivity index (χ4v) is 6.93. The van der Waals surface area contributed by atoms with E-state index in [0.29, 0.717) is 29.2 Å². The van der Waals surface area contributed by atoms with Gasteiger partial charge in [0.15, 0.2) is 29.1 Å². The van der Waals surface area contributed by atoms with Crippen LogP contribution in [0.2, 0.25) is 5.02 Å². The van der Waals surface area contributed by atoms with Gasteiger partial charge in [-0.3, -0.25) is 18.1 Å². The van der Waals surface area contributed by atoms with Crippen LogP contribution >= 0.6 is 19.4 Å². The van der Waals surface area contributed by atoms with Crippen LogP contribution in [0, 0.1) is 0 Å². The van der Waals surface area contributed by atoms with Gasteiger partial charge in [-0.05, 0) is 31.0 Å². The molecule has 6 unspecified atom stereocenters. The fraction of sp³-hybridized carbons (Fsp3) is 0.538. The summed E-state index contributed by atoms with van der Waals surface area (Å²) in [5, 5.41) is 0.528. The molecule has 0 amide bonds. The average Bonchev–Trinajstić information content (AvgIpc) is 3.58.